The number of quaternary nitrogens is 1. The molecule has 3 rings (SSSR count). The van der Waals surface area contributed by atoms with E-state index in [1.54, 1.807) is 18.5 Å². The van der Waals surface area contributed by atoms with E-state index in [4.69, 9.17) is 16.3 Å². The molecule has 0 aliphatic carbocycles. The Bertz CT molecular complexity index is 729. The quantitative estimate of drug-likeness (QED) is 0.668. The van der Waals surface area contributed by atoms with Crippen LogP contribution in [-0.4, -0.2) is 18.4 Å². The number of carbonyl (C=O) groups excluding carboxylic acids is 2. The maximum absolute atomic E-state index is 13.7. The molecular weight excluding hydrogens is 317 g/mol. The van der Waals surface area contributed by atoms with Gasteiger partial charge in [-0.25, -0.2) is 14.1 Å². The minimum Gasteiger partial charge on any atom is -0.462 e. The normalized spacial score (nSPS) is 19.6. The summed E-state index contributed by atoms with van der Waals surface area (Å²) in [6.45, 7) is 1.83. The van der Waals surface area contributed by atoms with Crippen molar-refractivity contribution in [2.75, 3.05) is 6.61 Å². The monoisotopic (exact) mass is 326 g/mol. The number of carbonyl (C=O) groups is 2. The molecule has 1 aromatic rings. The van der Waals surface area contributed by atoms with Crippen LogP contribution in [0, 0.1) is 5.82 Å². The lowest BCUT2D eigenvalue weighted by Crippen LogP contribution is -3.00. The van der Waals surface area contributed by atoms with Gasteiger partial charge in [-0.2, -0.15) is 0 Å². The minimum atomic E-state index is -0.689. The van der Waals surface area contributed by atoms with Crippen LogP contribution in [0.3, 0.4) is 0 Å². The average Bonchev–Trinajstić information content (AvgIpc) is 2.90. The predicted octanol–water partition coefficient (Wildman–Crippen LogP) is 2.18. The fourth-order valence-corrected chi connectivity index (χ4v) is 3.40. The molecule has 0 saturated heterocycles. The van der Waals surface area contributed by atoms with Crippen molar-refractivity contribution in [1.29, 1.82) is 0 Å². The van der Waals surface area contributed by atoms with Crippen molar-refractivity contribution < 1.29 is 23.6 Å². The highest BCUT2D eigenvalue weighted by molar-refractivity contribution is 8.05. The van der Waals surface area contributed by atoms with Crippen molar-refractivity contribution in [2.45, 2.75) is 6.92 Å². The van der Waals surface area contributed by atoms with Crippen molar-refractivity contribution in [2.24, 2.45) is 0 Å². The molecule has 21 heavy (non-hydrogen) atoms. The number of thioether (sulfide) groups is 1. The summed E-state index contributed by atoms with van der Waals surface area (Å²) in [5.74, 6) is -1.91. The van der Waals surface area contributed by atoms with Crippen molar-refractivity contribution in [3.05, 3.63) is 50.7 Å². The predicted molar refractivity (Wildman–Crippen MR) is 76.8 cm³/mol. The second kappa shape index (κ2) is 5.29. The number of rotatable bonds is 2. The highest BCUT2D eigenvalue weighted by Crippen LogP contribution is 2.33. The number of ether oxygens (including phenoxy) is 1. The molecule has 0 saturated carbocycles. The maximum Gasteiger partial charge on any atom is 0.348 e. The van der Waals surface area contributed by atoms with Crippen molar-refractivity contribution in [3.63, 3.8) is 0 Å². The highest BCUT2D eigenvalue weighted by Gasteiger charge is 2.42. The van der Waals surface area contributed by atoms with Gasteiger partial charge in [0.2, 0.25) is 5.78 Å². The molecule has 1 aromatic carbocycles. The third-order valence-electron chi connectivity index (χ3n) is 3.19. The minimum absolute atomic E-state index is 0.0453. The molecular formula is C14H10ClFNO3S+. The van der Waals surface area contributed by atoms with E-state index in [0.29, 0.717) is 15.6 Å². The Morgan fingerprint density at radius 2 is 2.24 bits per heavy atom. The van der Waals surface area contributed by atoms with Gasteiger partial charge in [-0.15, -0.1) is 0 Å². The van der Waals surface area contributed by atoms with Gasteiger partial charge < -0.3 is 4.74 Å². The highest BCUT2D eigenvalue weighted by atomic mass is 35.5. The van der Waals surface area contributed by atoms with Gasteiger partial charge in [0.1, 0.15) is 12.0 Å². The summed E-state index contributed by atoms with van der Waals surface area (Å²) in [5.41, 5.74) is 0.623. The molecule has 0 radical (unpaired) electrons. The van der Waals surface area contributed by atoms with E-state index in [0.717, 1.165) is 6.07 Å². The van der Waals surface area contributed by atoms with Crippen LogP contribution in [0.2, 0.25) is 5.02 Å². The summed E-state index contributed by atoms with van der Waals surface area (Å²) in [6, 6.07) is 2.48. The van der Waals surface area contributed by atoms with Crippen molar-refractivity contribution >= 4 is 40.8 Å². The van der Waals surface area contributed by atoms with Crippen LogP contribution in [0.15, 0.2) is 34.3 Å². The Kier molecular flexibility index (Phi) is 3.61. The summed E-state index contributed by atoms with van der Waals surface area (Å²) >= 11 is 7.06. The van der Waals surface area contributed by atoms with Gasteiger partial charge in [-0.3, -0.25) is 4.79 Å². The molecule has 0 fully saturated rings. The van der Waals surface area contributed by atoms with Crippen LogP contribution < -0.4 is 4.90 Å². The van der Waals surface area contributed by atoms with Crippen LogP contribution in [0.25, 0.3) is 0 Å². The number of halogens is 2. The molecule has 2 aliphatic rings. The zero-order valence-electron chi connectivity index (χ0n) is 10.9. The standard InChI is InChI=1S/C14H9ClFNO3S/c1-2-20-14(19)11-12(18)7-5-9(16)8(15)6-10(7)17-3-4-21-13(11)17/h3-6H,2H2,1H3/p+1. The summed E-state index contributed by atoms with van der Waals surface area (Å²) in [4.78, 5) is 25.2. The van der Waals surface area contributed by atoms with Crippen LogP contribution >= 0.6 is 23.4 Å². The van der Waals surface area contributed by atoms with Crippen LogP contribution in [0.4, 0.5) is 10.1 Å². The smallest absolute Gasteiger partial charge is 0.348 e. The van der Waals surface area contributed by atoms with Crippen LogP contribution in [-0.2, 0) is 9.53 Å². The average molecular weight is 327 g/mol. The number of esters is 1. The van der Waals surface area contributed by atoms with Gasteiger partial charge in [0.15, 0.2) is 16.3 Å². The first-order valence-corrected chi connectivity index (χ1v) is 7.46. The molecule has 2 heterocycles. The van der Waals surface area contributed by atoms with Gasteiger partial charge in [0, 0.05) is 11.5 Å². The number of nitrogens with one attached hydrogen (secondary N) is 1. The molecule has 108 valence electrons. The topological polar surface area (TPSA) is 47.8 Å². The van der Waals surface area contributed by atoms with E-state index < -0.39 is 17.6 Å². The van der Waals surface area contributed by atoms with E-state index in [-0.39, 0.29) is 22.8 Å². The third-order valence-corrected chi connectivity index (χ3v) is 4.42. The molecule has 1 unspecified atom stereocenters. The molecule has 0 spiro atoms. The fraction of sp³-hybridized carbons (Fsp3) is 0.143. The fourth-order valence-electron chi connectivity index (χ4n) is 2.30. The first-order valence-electron chi connectivity index (χ1n) is 6.20. The number of hydrogen-bond donors (Lipinski definition) is 1. The summed E-state index contributed by atoms with van der Waals surface area (Å²) < 4.78 is 18.6. The van der Waals surface area contributed by atoms with E-state index >= 15 is 0 Å². The number of fused-ring (bicyclic) bond motifs is 3. The van der Waals surface area contributed by atoms with Gasteiger partial charge in [-0.1, -0.05) is 11.6 Å². The molecule has 0 aromatic heterocycles. The summed E-state index contributed by atoms with van der Waals surface area (Å²) in [6.07, 6.45) is 1.78. The van der Waals surface area contributed by atoms with Crippen molar-refractivity contribution in [3.8, 4) is 0 Å². The lowest BCUT2D eigenvalue weighted by molar-refractivity contribution is -0.718. The first-order chi connectivity index (χ1) is 10.0. The Labute approximate surface area is 129 Å². The largest absolute Gasteiger partial charge is 0.462 e. The Morgan fingerprint density at radius 1 is 1.48 bits per heavy atom. The van der Waals surface area contributed by atoms with Gasteiger partial charge >= 0.3 is 5.97 Å². The van der Waals surface area contributed by atoms with E-state index in [1.807, 2.05) is 0 Å². The SMILES string of the molecule is CCOC(=O)C1=C2SC=C[NH+]2c2cc(Cl)c(F)cc2C1=O. The first kappa shape index (κ1) is 14.3. The molecule has 0 bridgehead atoms. The lowest BCUT2D eigenvalue weighted by atomic mass is 9.98. The second-order valence-electron chi connectivity index (χ2n) is 4.40. The lowest BCUT2D eigenvalue weighted by Gasteiger charge is -2.21. The Balaban J connectivity index is 2.19. The van der Waals surface area contributed by atoms with E-state index in [1.165, 1.54) is 17.8 Å². The van der Waals surface area contributed by atoms with Gasteiger partial charge in [-0.05, 0) is 24.8 Å². The third kappa shape index (κ3) is 2.19. The maximum atomic E-state index is 13.7. The molecule has 1 atom stereocenters. The second-order valence-corrected chi connectivity index (χ2v) is 5.72. The summed E-state index contributed by atoms with van der Waals surface area (Å²) in [7, 11) is 0. The van der Waals surface area contributed by atoms with E-state index in [9.17, 15) is 14.0 Å². The van der Waals surface area contributed by atoms with Crippen LogP contribution in [0.1, 0.15) is 17.3 Å². The summed E-state index contributed by atoms with van der Waals surface area (Å²) in [5, 5.41) is 2.25. The van der Waals surface area contributed by atoms with Crippen LogP contribution in [0.5, 0.6) is 0 Å². The number of Topliss-reactive ketones (excluding diaryl/α,β-unsaturated/α-hetero) is 1. The number of benzene rings is 1. The number of ketones is 1. The molecule has 0 amide bonds. The Morgan fingerprint density at radius 3 is 2.95 bits per heavy atom. The molecule has 2 aliphatic heterocycles. The zero-order chi connectivity index (χ0) is 15.1. The molecule has 1 N–H and O–H groups in total. The molecule has 4 nitrogen and oxygen atoms in total. The zero-order valence-corrected chi connectivity index (χ0v) is 12.5. The van der Waals surface area contributed by atoms with Crippen molar-refractivity contribution in [1.82, 2.24) is 0 Å². The van der Waals surface area contributed by atoms with Gasteiger partial charge in [0.25, 0.3) is 0 Å². The van der Waals surface area contributed by atoms with E-state index in [2.05, 4.69) is 0 Å². The Hall–Kier alpha value is -1.63. The number of hydrogen-bond acceptors (Lipinski definition) is 4. The molecule has 7 heteroatoms. The van der Waals surface area contributed by atoms with Gasteiger partial charge in [0.05, 0.1) is 17.2 Å².